The summed E-state index contributed by atoms with van der Waals surface area (Å²) in [5.41, 5.74) is 3.37. The highest BCUT2D eigenvalue weighted by Gasteiger charge is 2.38. The van der Waals surface area contributed by atoms with Crippen molar-refractivity contribution in [2.75, 3.05) is 18.0 Å². The summed E-state index contributed by atoms with van der Waals surface area (Å²) in [5, 5.41) is 14.6. The Hall–Kier alpha value is -2.09. The van der Waals surface area contributed by atoms with Crippen molar-refractivity contribution in [3.63, 3.8) is 0 Å². The zero-order valence-corrected chi connectivity index (χ0v) is 15.9. The van der Waals surface area contributed by atoms with Gasteiger partial charge in [-0.1, -0.05) is 15.9 Å². The van der Waals surface area contributed by atoms with E-state index in [4.69, 9.17) is 0 Å². The first-order valence-corrected chi connectivity index (χ1v) is 9.70. The third kappa shape index (κ3) is 3.30. The zero-order chi connectivity index (χ0) is 18.3. The summed E-state index contributed by atoms with van der Waals surface area (Å²) < 4.78 is 0.761. The second kappa shape index (κ2) is 6.90. The minimum atomic E-state index is -0.636. The van der Waals surface area contributed by atoms with Gasteiger partial charge in [-0.2, -0.15) is 5.10 Å². The molecule has 2 heterocycles. The van der Waals surface area contributed by atoms with Crippen LogP contribution in [0.1, 0.15) is 25.7 Å². The first-order valence-electron chi connectivity index (χ1n) is 8.90. The molecule has 2 fully saturated rings. The number of phenols is 1. The number of amides is 1. The van der Waals surface area contributed by atoms with E-state index in [1.807, 2.05) is 11.0 Å². The predicted octanol–water partition coefficient (Wildman–Crippen LogP) is 2.05. The number of nitrogens with one attached hydrogen (secondary N) is 1. The number of carbonyl (C=O) groups is 2. The third-order valence-corrected chi connectivity index (χ3v) is 5.70. The number of likely N-dealkylation sites (tertiary alicyclic amines) is 1. The lowest BCUT2D eigenvalue weighted by atomic mass is 10.0. The monoisotopic (exact) mass is 420 g/mol. The number of amidine groups is 1. The maximum Gasteiger partial charge on any atom is 0.225 e. The summed E-state index contributed by atoms with van der Waals surface area (Å²) >= 11 is 3.33. The van der Waals surface area contributed by atoms with Crippen molar-refractivity contribution in [2.24, 2.45) is 16.9 Å². The van der Waals surface area contributed by atoms with Crippen LogP contribution in [0.4, 0.5) is 5.69 Å². The van der Waals surface area contributed by atoms with Crippen LogP contribution in [0.2, 0.25) is 0 Å². The maximum absolute atomic E-state index is 12.2. The van der Waals surface area contributed by atoms with Crippen molar-refractivity contribution < 1.29 is 14.7 Å². The SMILES string of the molecule is O=CC1NN=C(C[C@@H]2CCN(C(=O)C3CC3)C2)N1c1ccc(Br)cc1O. The normalized spacial score (nSPS) is 25.2. The molecule has 1 amide bonds. The van der Waals surface area contributed by atoms with Crippen molar-refractivity contribution in [1.82, 2.24) is 10.3 Å². The second-order valence-corrected chi connectivity index (χ2v) is 8.07. The minimum Gasteiger partial charge on any atom is -0.506 e. The maximum atomic E-state index is 12.2. The lowest BCUT2D eigenvalue weighted by Crippen LogP contribution is -2.42. The van der Waals surface area contributed by atoms with Gasteiger partial charge >= 0.3 is 0 Å². The predicted molar refractivity (Wildman–Crippen MR) is 101 cm³/mol. The van der Waals surface area contributed by atoms with Gasteiger partial charge in [-0.3, -0.25) is 19.9 Å². The zero-order valence-electron chi connectivity index (χ0n) is 14.3. The highest BCUT2D eigenvalue weighted by atomic mass is 79.9. The van der Waals surface area contributed by atoms with Gasteiger partial charge in [0.25, 0.3) is 0 Å². The fourth-order valence-electron chi connectivity index (χ4n) is 3.68. The number of hydrazone groups is 1. The molecule has 1 aromatic rings. The van der Waals surface area contributed by atoms with Crippen LogP contribution < -0.4 is 10.3 Å². The molecular weight excluding hydrogens is 400 g/mol. The molecule has 2 N–H and O–H groups in total. The van der Waals surface area contributed by atoms with Gasteiger partial charge in [0.2, 0.25) is 5.91 Å². The molecule has 1 unspecified atom stereocenters. The van der Waals surface area contributed by atoms with Gasteiger partial charge in [-0.05, 0) is 43.4 Å². The molecule has 7 nitrogen and oxygen atoms in total. The fraction of sp³-hybridized carbons (Fsp3) is 0.500. The number of aromatic hydroxyl groups is 1. The molecule has 1 saturated carbocycles. The van der Waals surface area contributed by atoms with Crippen LogP contribution in [0.5, 0.6) is 5.75 Å². The number of benzene rings is 1. The molecule has 4 rings (SSSR count). The Bertz CT molecular complexity index is 765. The lowest BCUT2D eigenvalue weighted by molar-refractivity contribution is -0.131. The molecule has 8 heteroatoms. The number of phenolic OH excluding ortho intramolecular Hbond substituents is 1. The first kappa shape index (κ1) is 17.3. The fourth-order valence-corrected chi connectivity index (χ4v) is 4.03. The Kier molecular flexibility index (Phi) is 4.60. The van der Waals surface area contributed by atoms with E-state index in [9.17, 15) is 14.7 Å². The molecule has 2 aliphatic heterocycles. The van der Waals surface area contributed by atoms with Crippen LogP contribution in [0, 0.1) is 11.8 Å². The Morgan fingerprint density at radius 3 is 2.88 bits per heavy atom. The van der Waals surface area contributed by atoms with E-state index in [0.717, 1.165) is 43.1 Å². The standard InChI is InChI=1S/C18H21BrN4O3/c19-13-3-4-14(15(25)8-13)23-16(20-21-17(23)10-24)7-11-5-6-22(9-11)18(26)12-1-2-12/h3-4,8,10-12,17,21,25H,1-2,5-7,9H2/t11-,17?/m0/s1. The van der Waals surface area contributed by atoms with Crippen LogP contribution in [0.25, 0.3) is 0 Å². The van der Waals surface area contributed by atoms with Crippen LogP contribution >= 0.6 is 15.9 Å². The average molecular weight is 421 g/mol. The van der Waals surface area contributed by atoms with Gasteiger partial charge in [-0.15, -0.1) is 0 Å². The van der Waals surface area contributed by atoms with E-state index in [2.05, 4.69) is 26.5 Å². The van der Waals surface area contributed by atoms with Crippen molar-refractivity contribution in [2.45, 2.75) is 31.8 Å². The topological polar surface area (TPSA) is 85.2 Å². The largest absolute Gasteiger partial charge is 0.506 e. The number of anilines is 1. The first-order chi connectivity index (χ1) is 12.6. The lowest BCUT2D eigenvalue weighted by Gasteiger charge is -2.26. The van der Waals surface area contributed by atoms with Crippen LogP contribution in [0.3, 0.4) is 0 Å². The Labute approximate surface area is 160 Å². The molecule has 1 aromatic carbocycles. The van der Waals surface area contributed by atoms with Gasteiger partial charge < -0.3 is 10.0 Å². The summed E-state index contributed by atoms with van der Waals surface area (Å²) in [4.78, 5) is 27.4. The van der Waals surface area contributed by atoms with Gasteiger partial charge in [0.05, 0.1) is 5.69 Å². The van der Waals surface area contributed by atoms with E-state index < -0.39 is 6.17 Å². The van der Waals surface area contributed by atoms with Crippen molar-refractivity contribution >= 4 is 39.6 Å². The molecule has 0 radical (unpaired) electrons. The number of aldehydes is 1. The highest BCUT2D eigenvalue weighted by molar-refractivity contribution is 9.10. The van der Waals surface area contributed by atoms with Crippen LogP contribution in [-0.2, 0) is 9.59 Å². The van der Waals surface area contributed by atoms with Crippen LogP contribution in [-0.4, -0.2) is 47.3 Å². The average Bonchev–Trinajstić information content (AvgIpc) is 3.24. The quantitative estimate of drug-likeness (QED) is 0.711. The molecular formula is C18H21BrN4O3. The molecule has 1 saturated heterocycles. The molecule has 138 valence electrons. The minimum absolute atomic E-state index is 0.0829. The smallest absolute Gasteiger partial charge is 0.225 e. The summed E-state index contributed by atoms with van der Waals surface area (Å²) in [5.74, 6) is 1.64. The molecule has 0 bridgehead atoms. The van der Waals surface area contributed by atoms with Crippen molar-refractivity contribution in [1.29, 1.82) is 0 Å². The molecule has 26 heavy (non-hydrogen) atoms. The Balaban J connectivity index is 1.48. The van der Waals surface area contributed by atoms with Crippen molar-refractivity contribution in [3.05, 3.63) is 22.7 Å². The van der Waals surface area contributed by atoms with E-state index in [1.165, 1.54) is 0 Å². The summed E-state index contributed by atoms with van der Waals surface area (Å²) in [6, 6.07) is 5.17. The van der Waals surface area contributed by atoms with E-state index in [1.54, 1.807) is 17.0 Å². The third-order valence-electron chi connectivity index (χ3n) is 5.20. The van der Waals surface area contributed by atoms with Gasteiger partial charge in [0, 0.05) is 29.9 Å². The molecule has 1 aliphatic carbocycles. The van der Waals surface area contributed by atoms with E-state index in [0.29, 0.717) is 23.9 Å². The van der Waals surface area contributed by atoms with Crippen LogP contribution in [0.15, 0.2) is 27.8 Å². The number of hydrogen-bond acceptors (Lipinski definition) is 6. The van der Waals surface area contributed by atoms with Gasteiger partial charge in [-0.25, -0.2) is 0 Å². The summed E-state index contributed by atoms with van der Waals surface area (Å²) in [6.07, 6.45) is 3.77. The molecule has 2 atom stereocenters. The Morgan fingerprint density at radius 1 is 1.38 bits per heavy atom. The molecule has 0 spiro atoms. The number of nitrogens with zero attached hydrogens (tertiary/aromatic N) is 3. The highest BCUT2D eigenvalue weighted by Crippen LogP contribution is 2.36. The molecule has 3 aliphatic rings. The van der Waals surface area contributed by atoms with E-state index in [-0.39, 0.29) is 17.6 Å². The van der Waals surface area contributed by atoms with Crippen molar-refractivity contribution in [3.8, 4) is 5.75 Å². The van der Waals surface area contributed by atoms with Gasteiger partial charge in [0.1, 0.15) is 11.6 Å². The van der Waals surface area contributed by atoms with E-state index >= 15 is 0 Å². The van der Waals surface area contributed by atoms with Gasteiger partial charge in [0.15, 0.2) is 12.5 Å². The summed E-state index contributed by atoms with van der Waals surface area (Å²) in [6.45, 7) is 1.53. The number of carbonyl (C=O) groups excluding carboxylic acids is 2. The Morgan fingerprint density at radius 2 is 2.19 bits per heavy atom. The number of rotatable bonds is 5. The number of halogens is 1. The second-order valence-electron chi connectivity index (χ2n) is 7.16. The molecule has 0 aromatic heterocycles. The number of hydrogen-bond donors (Lipinski definition) is 2. The summed E-state index contributed by atoms with van der Waals surface area (Å²) in [7, 11) is 0.